The quantitative estimate of drug-likeness (QED) is 0.143. The van der Waals surface area contributed by atoms with Gasteiger partial charge < -0.3 is 19.5 Å². The lowest BCUT2D eigenvalue weighted by atomic mass is 9.99. The van der Waals surface area contributed by atoms with Gasteiger partial charge in [-0.25, -0.2) is 9.59 Å². The Hall–Kier alpha value is -1.30. The zero-order valence-electron chi connectivity index (χ0n) is 21.4. The Morgan fingerprint density at radius 1 is 0.688 bits per heavy atom. The van der Waals surface area contributed by atoms with E-state index in [0.717, 1.165) is 19.3 Å². The number of alkyl carbamates (subject to hydrolysis) is 1. The summed E-state index contributed by atoms with van der Waals surface area (Å²) in [6.07, 6.45) is 18.3. The van der Waals surface area contributed by atoms with Crippen molar-refractivity contribution in [1.82, 2.24) is 5.32 Å². The van der Waals surface area contributed by atoms with E-state index in [0.29, 0.717) is 13.2 Å². The molecule has 0 aromatic carbocycles. The SMILES string of the molecule is CCCCCCCCCCCCCCCCOC(=O)C(NC(=O)OCCOC)C(C)CC. The number of esters is 1. The van der Waals surface area contributed by atoms with Crippen LogP contribution < -0.4 is 5.32 Å². The first-order valence-corrected chi connectivity index (χ1v) is 13.2. The number of hydrogen-bond donors (Lipinski definition) is 1. The minimum absolute atomic E-state index is 0.0196. The zero-order valence-corrected chi connectivity index (χ0v) is 21.4. The van der Waals surface area contributed by atoms with E-state index in [2.05, 4.69) is 12.2 Å². The highest BCUT2D eigenvalue weighted by Gasteiger charge is 2.27. The molecular weight excluding hydrogens is 406 g/mol. The highest BCUT2D eigenvalue weighted by Crippen LogP contribution is 2.14. The Morgan fingerprint density at radius 3 is 1.66 bits per heavy atom. The van der Waals surface area contributed by atoms with E-state index in [-0.39, 0.29) is 18.5 Å². The van der Waals surface area contributed by atoms with Crippen molar-refractivity contribution < 1.29 is 23.8 Å². The maximum absolute atomic E-state index is 12.4. The maximum Gasteiger partial charge on any atom is 0.407 e. The van der Waals surface area contributed by atoms with Crippen LogP contribution in [0.1, 0.15) is 117 Å². The third-order valence-electron chi connectivity index (χ3n) is 6.00. The van der Waals surface area contributed by atoms with E-state index >= 15 is 0 Å². The van der Waals surface area contributed by atoms with Gasteiger partial charge in [-0.15, -0.1) is 0 Å². The van der Waals surface area contributed by atoms with Gasteiger partial charge in [0.15, 0.2) is 0 Å². The number of unbranched alkanes of at least 4 members (excludes halogenated alkanes) is 13. The average molecular weight is 458 g/mol. The molecule has 0 aliphatic heterocycles. The van der Waals surface area contributed by atoms with Gasteiger partial charge in [0.05, 0.1) is 13.2 Å². The van der Waals surface area contributed by atoms with Crippen LogP contribution in [-0.2, 0) is 19.0 Å². The smallest absolute Gasteiger partial charge is 0.407 e. The van der Waals surface area contributed by atoms with Crippen molar-refractivity contribution in [3.8, 4) is 0 Å². The zero-order chi connectivity index (χ0) is 23.9. The molecule has 2 atom stereocenters. The first-order valence-electron chi connectivity index (χ1n) is 13.2. The molecule has 0 radical (unpaired) electrons. The fourth-order valence-corrected chi connectivity index (χ4v) is 3.61. The van der Waals surface area contributed by atoms with E-state index in [1.54, 1.807) is 0 Å². The van der Waals surface area contributed by atoms with Crippen molar-refractivity contribution in [2.24, 2.45) is 5.92 Å². The molecule has 6 heteroatoms. The standard InChI is InChI=1S/C26H51NO5/c1-5-7-8-9-10-11-12-13-14-15-16-17-18-19-20-31-25(28)24(23(3)6-2)27-26(29)32-22-21-30-4/h23-24H,5-22H2,1-4H3,(H,27,29). The number of hydrogen-bond acceptors (Lipinski definition) is 5. The van der Waals surface area contributed by atoms with Gasteiger partial charge in [-0.05, 0) is 12.3 Å². The second kappa shape index (κ2) is 22.9. The third kappa shape index (κ3) is 18.3. The molecule has 2 unspecified atom stereocenters. The van der Waals surface area contributed by atoms with Crippen molar-refractivity contribution in [3.63, 3.8) is 0 Å². The molecule has 0 aliphatic carbocycles. The minimum atomic E-state index is -0.679. The van der Waals surface area contributed by atoms with Gasteiger partial charge in [-0.1, -0.05) is 111 Å². The van der Waals surface area contributed by atoms with Gasteiger partial charge in [0.25, 0.3) is 0 Å². The van der Waals surface area contributed by atoms with Crippen LogP contribution in [0.15, 0.2) is 0 Å². The summed E-state index contributed by atoms with van der Waals surface area (Å²) in [4.78, 5) is 24.3. The normalized spacial score (nSPS) is 12.9. The molecule has 0 saturated heterocycles. The molecule has 0 heterocycles. The molecule has 0 bridgehead atoms. The molecule has 0 saturated carbocycles. The van der Waals surface area contributed by atoms with E-state index in [1.165, 1.54) is 84.2 Å². The topological polar surface area (TPSA) is 73.9 Å². The highest BCUT2D eigenvalue weighted by atomic mass is 16.6. The van der Waals surface area contributed by atoms with Crippen molar-refractivity contribution in [2.75, 3.05) is 26.9 Å². The van der Waals surface area contributed by atoms with Crippen molar-refractivity contribution in [1.29, 1.82) is 0 Å². The van der Waals surface area contributed by atoms with E-state index < -0.39 is 12.1 Å². The lowest BCUT2D eigenvalue weighted by Crippen LogP contribution is -2.46. The second-order valence-corrected chi connectivity index (χ2v) is 8.90. The maximum atomic E-state index is 12.4. The molecule has 32 heavy (non-hydrogen) atoms. The van der Waals surface area contributed by atoms with E-state index in [4.69, 9.17) is 14.2 Å². The molecule has 190 valence electrons. The molecule has 0 aromatic heterocycles. The molecule has 1 amide bonds. The fraction of sp³-hybridized carbons (Fsp3) is 0.923. The summed E-state index contributed by atoms with van der Waals surface area (Å²) in [6, 6.07) is -0.679. The highest BCUT2D eigenvalue weighted by molar-refractivity contribution is 5.81. The summed E-state index contributed by atoms with van der Waals surface area (Å²) < 4.78 is 15.3. The number of nitrogens with one attached hydrogen (secondary N) is 1. The van der Waals surface area contributed by atoms with Crippen LogP contribution in [0.25, 0.3) is 0 Å². The lowest BCUT2D eigenvalue weighted by Gasteiger charge is -2.22. The summed E-state index contributed by atoms with van der Waals surface area (Å²) in [5, 5.41) is 2.64. The van der Waals surface area contributed by atoms with E-state index in [1.807, 2.05) is 13.8 Å². The summed E-state index contributed by atoms with van der Waals surface area (Å²) in [5.41, 5.74) is 0. The molecule has 0 spiro atoms. The molecule has 0 fully saturated rings. The Balaban J connectivity index is 3.73. The summed E-state index contributed by atoms with van der Waals surface area (Å²) in [6.45, 7) is 7.06. The summed E-state index contributed by atoms with van der Waals surface area (Å²) >= 11 is 0. The van der Waals surface area contributed by atoms with Crippen LogP contribution in [0.5, 0.6) is 0 Å². The average Bonchev–Trinajstić information content (AvgIpc) is 2.79. The summed E-state index contributed by atoms with van der Waals surface area (Å²) in [7, 11) is 1.54. The molecule has 0 rings (SSSR count). The number of amides is 1. The predicted octanol–water partition coefficient (Wildman–Crippen LogP) is 6.80. The van der Waals surface area contributed by atoms with E-state index in [9.17, 15) is 9.59 Å². The first kappa shape index (κ1) is 30.7. The number of carbonyl (C=O) groups is 2. The molecule has 0 aromatic rings. The Morgan fingerprint density at radius 2 is 1.19 bits per heavy atom. The minimum Gasteiger partial charge on any atom is -0.464 e. The molecular formula is C26H51NO5. The van der Waals surface area contributed by atoms with Gasteiger partial charge in [0.1, 0.15) is 12.6 Å². The number of carbonyl (C=O) groups excluding carboxylic acids is 2. The van der Waals surface area contributed by atoms with Gasteiger partial charge in [-0.2, -0.15) is 0 Å². The van der Waals surface area contributed by atoms with Gasteiger partial charge in [0.2, 0.25) is 0 Å². The number of ether oxygens (including phenoxy) is 3. The van der Waals surface area contributed by atoms with Gasteiger partial charge in [-0.3, -0.25) is 0 Å². The molecule has 0 aliphatic rings. The number of methoxy groups -OCH3 is 1. The van der Waals surface area contributed by atoms with Crippen LogP contribution in [0.2, 0.25) is 0 Å². The van der Waals surface area contributed by atoms with Gasteiger partial charge >= 0.3 is 12.1 Å². The lowest BCUT2D eigenvalue weighted by molar-refractivity contribution is -0.147. The second-order valence-electron chi connectivity index (χ2n) is 8.90. The Bertz CT molecular complexity index is 444. The predicted molar refractivity (Wildman–Crippen MR) is 131 cm³/mol. The van der Waals surface area contributed by atoms with Crippen LogP contribution in [0, 0.1) is 5.92 Å². The summed E-state index contributed by atoms with van der Waals surface area (Å²) in [5.74, 6) is -0.397. The monoisotopic (exact) mass is 457 g/mol. The van der Waals surface area contributed by atoms with Crippen LogP contribution in [-0.4, -0.2) is 45.0 Å². The van der Waals surface area contributed by atoms with Crippen molar-refractivity contribution >= 4 is 12.1 Å². The first-order chi connectivity index (χ1) is 15.6. The molecule has 6 nitrogen and oxygen atoms in total. The number of rotatable bonds is 22. The molecule has 1 N–H and O–H groups in total. The largest absolute Gasteiger partial charge is 0.464 e. The Kier molecular flexibility index (Phi) is 21.9. The van der Waals surface area contributed by atoms with Crippen molar-refractivity contribution in [2.45, 2.75) is 123 Å². The van der Waals surface area contributed by atoms with Crippen molar-refractivity contribution in [3.05, 3.63) is 0 Å². The van der Waals surface area contributed by atoms with Crippen LogP contribution in [0.3, 0.4) is 0 Å². The fourth-order valence-electron chi connectivity index (χ4n) is 3.61. The third-order valence-corrected chi connectivity index (χ3v) is 6.00. The van der Waals surface area contributed by atoms with Gasteiger partial charge in [0, 0.05) is 7.11 Å². The Labute approximate surface area is 197 Å². The van der Waals surface area contributed by atoms with Crippen LogP contribution in [0.4, 0.5) is 4.79 Å². The van der Waals surface area contributed by atoms with Crippen LogP contribution >= 0.6 is 0 Å².